The predicted octanol–water partition coefficient (Wildman–Crippen LogP) is 1.99. The average molecular weight is 384 g/mol. The van der Waals surface area contributed by atoms with Gasteiger partial charge in [0.2, 0.25) is 5.75 Å². The van der Waals surface area contributed by atoms with Gasteiger partial charge < -0.3 is 19.9 Å². The molecule has 7 nitrogen and oxygen atoms in total. The van der Waals surface area contributed by atoms with Gasteiger partial charge in [-0.15, -0.1) is 0 Å². The zero-order chi connectivity index (χ0) is 15.8. The maximum Gasteiger partial charge on any atom is 0.313 e. The van der Waals surface area contributed by atoms with Crippen molar-refractivity contribution < 1.29 is 19.5 Å². The van der Waals surface area contributed by atoms with Crippen LogP contribution in [0.15, 0.2) is 16.6 Å². The molecule has 0 amide bonds. The molecule has 2 N–H and O–H groups in total. The van der Waals surface area contributed by atoms with Crippen molar-refractivity contribution in [1.29, 1.82) is 0 Å². The number of hydrogen-bond acceptors (Lipinski definition) is 6. The number of nitrogens with zero attached hydrogens (tertiary/aromatic N) is 1. The van der Waals surface area contributed by atoms with Crippen LogP contribution in [0.1, 0.15) is 0 Å². The summed E-state index contributed by atoms with van der Waals surface area (Å²) in [7, 11) is 1.58. The minimum atomic E-state index is -0.802. The molecule has 0 aliphatic heterocycles. The predicted molar refractivity (Wildman–Crippen MR) is 82.1 cm³/mol. The van der Waals surface area contributed by atoms with Gasteiger partial charge in [0.25, 0.3) is 0 Å². The lowest BCUT2D eigenvalue weighted by atomic mass is 10.3. The zero-order valence-corrected chi connectivity index (χ0v) is 13.7. The number of aliphatic hydroxyl groups is 1. The quantitative estimate of drug-likeness (QED) is 0.385. The molecule has 0 radical (unpaired) electrons. The summed E-state index contributed by atoms with van der Waals surface area (Å²) in [4.78, 5) is 10.4. The molecular formula is C12H16BrClN2O5. The summed E-state index contributed by atoms with van der Waals surface area (Å²) in [5.41, 5.74) is -0.256. The SMILES string of the molecule is COCCNCC(O)COc1c(Br)cc(Cl)cc1[N+](=O)[O-]. The molecule has 0 saturated carbocycles. The third kappa shape index (κ3) is 6.15. The number of nitro groups is 1. The van der Waals surface area contributed by atoms with Gasteiger partial charge in [0.05, 0.1) is 16.0 Å². The smallest absolute Gasteiger partial charge is 0.313 e. The Bertz CT molecular complexity index is 489. The van der Waals surface area contributed by atoms with Crippen molar-refractivity contribution in [3.05, 3.63) is 31.7 Å². The number of halogens is 2. The van der Waals surface area contributed by atoms with Gasteiger partial charge in [-0.1, -0.05) is 11.6 Å². The van der Waals surface area contributed by atoms with Gasteiger partial charge >= 0.3 is 5.69 Å². The van der Waals surface area contributed by atoms with Crippen molar-refractivity contribution in [1.82, 2.24) is 5.32 Å². The van der Waals surface area contributed by atoms with Gasteiger partial charge in [-0.25, -0.2) is 0 Å². The van der Waals surface area contributed by atoms with E-state index in [-0.39, 0.29) is 23.1 Å². The molecule has 9 heteroatoms. The Kier molecular flexibility index (Phi) is 7.91. The van der Waals surface area contributed by atoms with Crippen molar-refractivity contribution >= 4 is 33.2 Å². The minimum Gasteiger partial charge on any atom is -0.483 e. The number of benzene rings is 1. The third-order valence-corrected chi connectivity index (χ3v) is 3.28. The van der Waals surface area contributed by atoms with Gasteiger partial charge in [-0.05, 0) is 22.0 Å². The topological polar surface area (TPSA) is 93.9 Å². The molecule has 21 heavy (non-hydrogen) atoms. The average Bonchev–Trinajstić information content (AvgIpc) is 2.41. The van der Waals surface area contributed by atoms with Crippen LogP contribution in [0.5, 0.6) is 5.75 Å². The Labute approximate surface area is 135 Å². The lowest BCUT2D eigenvalue weighted by Gasteiger charge is -2.14. The van der Waals surface area contributed by atoms with Gasteiger partial charge in [-0.2, -0.15) is 0 Å². The van der Waals surface area contributed by atoms with E-state index in [0.29, 0.717) is 24.2 Å². The lowest BCUT2D eigenvalue weighted by Crippen LogP contribution is -2.33. The fraction of sp³-hybridized carbons (Fsp3) is 0.500. The van der Waals surface area contributed by atoms with Crippen LogP contribution >= 0.6 is 27.5 Å². The van der Waals surface area contributed by atoms with Crippen LogP contribution < -0.4 is 10.1 Å². The highest BCUT2D eigenvalue weighted by atomic mass is 79.9. The van der Waals surface area contributed by atoms with Crippen molar-refractivity contribution in [2.24, 2.45) is 0 Å². The number of nitro benzene ring substituents is 1. The first-order valence-electron chi connectivity index (χ1n) is 6.09. The van der Waals surface area contributed by atoms with Gasteiger partial charge in [0, 0.05) is 31.3 Å². The Morgan fingerprint density at radius 2 is 2.29 bits per heavy atom. The summed E-state index contributed by atoms with van der Waals surface area (Å²) < 4.78 is 10.5. The molecule has 118 valence electrons. The first-order valence-corrected chi connectivity index (χ1v) is 7.26. The molecule has 1 atom stereocenters. The summed E-state index contributed by atoms with van der Waals surface area (Å²) >= 11 is 8.93. The van der Waals surface area contributed by atoms with E-state index in [1.54, 1.807) is 7.11 Å². The van der Waals surface area contributed by atoms with Crippen molar-refractivity contribution in [2.45, 2.75) is 6.10 Å². The first kappa shape index (κ1) is 18.1. The van der Waals surface area contributed by atoms with E-state index >= 15 is 0 Å². The molecule has 0 heterocycles. The molecule has 0 aliphatic carbocycles. The second-order valence-corrected chi connectivity index (χ2v) is 5.45. The summed E-state index contributed by atoms with van der Waals surface area (Å²) in [6.45, 7) is 1.34. The second kappa shape index (κ2) is 9.16. The number of aliphatic hydroxyl groups excluding tert-OH is 1. The lowest BCUT2D eigenvalue weighted by molar-refractivity contribution is -0.386. The number of ether oxygens (including phenoxy) is 2. The van der Waals surface area contributed by atoms with E-state index in [1.807, 2.05) is 0 Å². The monoisotopic (exact) mass is 382 g/mol. The van der Waals surface area contributed by atoms with Gasteiger partial charge in [0.1, 0.15) is 12.7 Å². The Morgan fingerprint density at radius 3 is 2.90 bits per heavy atom. The van der Waals surface area contributed by atoms with Crippen molar-refractivity contribution in [2.75, 3.05) is 33.4 Å². The van der Waals surface area contributed by atoms with Crippen LogP contribution in [0.2, 0.25) is 5.02 Å². The highest BCUT2D eigenvalue weighted by molar-refractivity contribution is 9.10. The molecular weight excluding hydrogens is 367 g/mol. The zero-order valence-electron chi connectivity index (χ0n) is 11.3. The Hall–Kier alpha value is -0.930. The fourth-order valence-electron chi connectivity index (χ4n) is 1.51. The molecule has 0 spiro atoms. The van der Waals surface area contributed by atoms with Crippen LogP contribution in [-0.2, 0) is 4.74 Å². The maximum absolute atomic E-state index is 11.0. The summed E-state index contributed by atoms with van der Waals surface area (Å²) in [6, 6.07) is 2.69. The van der Waals surface area contributed by atoms with E-state index in [1.165, 1.54) is 12.1 Å². The molecule has 1 unspecified atom stereocenters. The largest absolute Gasteiger partial charge is 0.483 e. The van der Waals surface area contributed by atoms with E-state index in [0.717, 1.165) is 0 Å². The van der Waals surface area contributed by atoms with Gasteiger partial charge in [0.15, 0.2) is 0 Å². The number of hydrogen-bond donors (Lipinski definition) is 2. The highest BCUT2D eigenvalue weighted by Gasteiger charge is 2.21. The van der Waals surface area contributed by atoms with Crippen molar-refractivity contribution in [3.8, 4) is 5.75 Å². The molecule has 0 aliphatic rings. The summed E-state index contributed by atoms with van der Waals surface area (Å²) in [5, 5.41) is 23.9. The molecule has 1 rings (SSSR count). The molecule has 0 bridgehead atoms. The minimum absolute atomic E-state index is 0.0420. The molecule has 0 aromatic heterocycles. The molecule has 1 aromatic carbocycles. The molecule has 1 aromatic rings. The van der Waals surface area contributed by atoms with Gasteiger partial charge in [-0.3, -0.25) is 10.1 Å². The van der Waals surface area contributed by atoms with Crippen LogP contribution in [0.3, 0.4) is 0 Å². The number of rotatable bonds is 9. The van der Waals surface area contributed by atoms with E-state index < -0.39 is 11.0 Å². The molecule has 0 fully saturated rings. The second-order valence-electron chi connectivity index (χ2n) is 4.15. The van der Waals surface area contributed by atoms with Crippen LogP contribution in [0.4, 0.5) is 5.69 Å². The number of methoxy groups -OCH3 is 1. The normalized spacial score (nSPS) is 12.2. The Morgan fingerprint density at radius 1 is 1.57 bits per heavy atom. The van der Waals surface area contributed by atoms with Crippen LogP contribution in [-0.4, -0.2) is 49.5 Å². The Balaban J connectivity index is 2.60. The highest BCUT2D eigenvalue weighted by Crippen LogP contribution is 2.37. The van der Waals surface area contributed by atoms with E-state index in [4.69, 9.17) is 21.1 Å². The van der Waals surface area contributed by atoms with Crippen LogP contribution in [0, 0.1) is 10.1 Å². The van der Waals surface area contributed by atoms with Crippen LogP contribution in [0.25, 0.3) is 0 Å². The maximum atomic E-state index is 11.0. The third-order valence-electron chi connectivity index (χ3n) is 2.47. The standard InChI is InChI=1S/C12H16BrClN2O5/c1-20-3-2-15-6-9(17)7-21-12-10(13)4-8(14)5-11(12)16(18)19/h4-5,9,15,17H,2-3,6-7H2,1H3. The van der Waals surface area contributed by atoms with E-state index in [2.05, 4.69) is 21.2 Å². The van der Waals surface area contributed by atoms with Crippen molar-refractivity contribution in [3.63, 3.8) is 0 Å². The fourth-order valence-corrected chi connectivity index (χ4v) is 2.42. The first-order chi connectivity index (χ1) is 9.95. The van der Waals surface area contributed by atoms with E-state index in [9.17, 15) is 15.2 Å². The summed E-state index contributed by atoms with van der Waals surface area (Å²) in [6.07, 6.45) is -0.802. The summed E-state index contributed by atoms with van der Waals surface area (Å²) in [5.74, 6) is 0.0420. The molecule has 0 saturated heterocycles. The number of nitrogens with one attached hydrogen (secondary N) is 1.